The summed E-state index contributed by atoms with van der Waals surface area (Å²) in [4.78, 5) is 36.1. The first kappa shape index (κ1) is 22.2. The van der Waals surface area contributed by atoms with Crippen LogP contribution in [0.4, 0.5) is 0 Å². The average molecular weight is 430 g/mol. The molecule has 1 saturated heterocycles. The Hall–Kier alpha value is -2.51. The summed E-state index contributed by atoms with van der Waals surface area (Å²) < 4.78 is 6.14. The van der Waals surface area contributed by atoms with E-state index in [9.17, 15) is 19.5 Å². The molecule has 2 N–H and O–H groups in total. The Labute approximate surface area is 180 Å². The Morgan fingerprint density at radius 2 is 1.97 bits per heavy atom. The van der Waals surface area contributed by atoms with Crippen molar-refractivity contribution in [1.82, 2.24) is 5.32 Å². The van der Waals surface area contributed by atoms with Crippen LogP contribution in [0.25, 0.3) is 0 Å². The lowest BCUT2D eigenvalue weighted by Gasteiger charge is -2.20. The fraction of sp³-hybridized carbons (Fsp3) is 0.435. The number of hydrogen-bond donors (Lipinski definition) is 2. The highest BCUT2D eigenvalue weighted by Crippen LogP contribution is 2.32. The van der Waals surface area contributed by atoms with Crippen molar-refractivity contribution < 1.29 is 24.2 Å². The third-order valence-electron chi connectivity index (χ3n) is 5.19. The molecule has 2 atom stereocenters. The predicted molar refractivity (Wildman–Crippen MR) is 115 cm³/mol. The second kappa shape index (κ2) is 10.5. The molecule has 0 spiro atoms. The van der Waals surface area contributed by atoms with Gasteiger partial charge >= 0.3 is 5.97 Å². The molecule has 2 aromatic rings. The number of ether oxygens (including phenoxy) is 1. The SMILES string of the molecule is CCCCCC(=O)c1ccc(C(OC[C@@H]2CCC(=O)N2)c2ccc(C(=O)O)s2)cc1. The summed E-state index contributed by atoms with van der Waals surface area (Å²) in [5.41, 5.74) is 1.53. The molecular formula is C23H27NO5S. The highest BCUT2D eigenvalue weighted by molar-refractivity contribution is 7.14. The lowest BCUT2D eigenvalue weighted by atomic mass is 10.0. The number of thiophene rings is 1. The van der Waals surface area contributed by atoms with Gasteiger partial charge in [-0.25, -0.2) is 4.79 Å². The van der Waals surface area contributed by atoms with Crippen LogP contribution < -0.4 is 5.32 Å². The molecule has 0 aliphatic carbocycles. The van der Waals surface area contributed by atoms with Gasteiger partial charge in [0.25, 0.3) is 0 Å². The molecule has 1 fully saturated rings. The van der Waals surface area contributed by atoms with Crippen LogP contribution in [-0.2, 0) is 9.53 Å². The number of carboxylic acids is 1. The number of hydrogen-bond acceptors (Lipinski definition) is 5. The van der Waals surface area contributed by atoms with E-state index in [1.165, 1.54) is 11.3 Å². The molecule has 7 heteroatoms. The van der Waals surface area contributed by atoms with E-state index >= 15 is 0 Å². The van der Waals surface area contributed by atoms with Crippen molar-refractivity contribution in [2.45, 2.75) is 57.6 Å². The minimum atomic E-state index is -0.971. The fourth-order valence-corrected chi connectivity index (χ4v) is 4.41. The maximum Gasteiger partial charge on any atom is 0.345 e. The average Bonchev–Trinajstić information content (AvgIpc) is 3.38. The van der Waals surface area contributed by atoms with E-state index < -0.39 is 12.1 Å². The van der Waals surface area contributed by atoms with Crippen LogP contribution in [0.5, 0.6) is 0 Å². The second-order valence-corrected chi connectivity index (χ2v) is 8.64. The molecule has 1 amide bonds. The quantitative estimate of drug-likeness (QED) is 0.402. The minimum absolute atomic E-state index is 0.0235. The van der Waals surface area contributed by atoms with Gasteiger partial charge < -0.3 is 15.2 Å². The van der Waals surface area contributed by atoms with Gasteiger partial charge in [-0.05, 0) is 30.5 Å². The van der Waals surface area contributed by atoms with Gasteiger partial charge in [-0.2, -0.15) is 0 Å². The van der Waals surface area contributed by atoms with Gasteiger partial charge in [0.1, 0.15) is 11.0 Å². The van der Waals surface area contributed by atoms with E-state index in [0.717, 1.165) is 36.1 Å². The molecule has 160 valence electrons. The Morgan fingerprint density at radius 3 is 2.57 bits per heavy atom. The normalized spacial score (nSPS) is 17.0. The molecule has 2 heterocycles. The number of amides is 1. The number of nitrogens with one attached hydrogen (secondary N) is 1. The number of carbonyl (C=O) groups excluding carboxylic acids is 2. The molecule has 1 aliphatic rings. The fourth-order valence-electron chi connectivity index (χ4n) is 3.49. The van der Waals surface area contributed by atoms with Gasteiger partial charge in [-0.3, -0.25) is 9.59 Å². The molecule has 1 aromatic carbocycles. The molecular weight excluding hydrogens is 402 g/mol. The molecule has 0 radical (unpaired) electrons. The van der Waals surface area contributed by atoms with Gasteiger partial charge in [0.05, 0.1) is 12.6 Å². The standard InChI is InChI=1S/C23H27NO5S/c1-2-3-4-5-18(25)15-6-8-16(9-7-15)22(19-11-12-20(30-19)23(27)28)29-14-17-10-13-21(26)24-17/h6-9,11-12,17,22H,2-5,10,13-14H2,1H3,(H,24,26)(H,27,28)/t17-,22?/m0/s1. The minimum Gasteiger partial charge on any atom is -0.477 e. The first-order valence-electron chi connectivity index (χ1n) is 10.3. The lowest BCUT2D eigenvalue weighted by Crippen LogP contribution is -2.30. The Bertz CT molecular complexity index is 889. The monoisotopic (exact) mass is 429 g/mol. The van der Waals surface area contributed by atoms with Crippen molar-refractivity contribution in [3.8, 4) is 0 Å². The maximum absolute atomic E-state index is 12.3. The summed E-state index contributed by atoms with van der Waals surface area (Å²) >= 11 is 1.17. The number of Topliss-reactive ketones (excluding diaryl/α,β-unsaturated/α-hetero) is 1. The van der Waals surface area contributed by atoms with E-state index in [0.29, 0.717) is 25.0 Å². The lowest BCUT2D eigenvalue weighted by molar-refractivity contribution is -0.119. The van der Waals surface area contributed by atoms with E-state index in [1.807, 2.05) is 24.3 Å². The van der Waals surface area contributed by atoms with Gasteiger partial charge in [0.2, 0.25) is 5.91 Å². The number of carboxylic acid groups (broad SMARTS) is 1. The molecule has 0 saturated carbocycles. The summed E-state index contributed by atoms with van der Waals surface area (Å²) in [5.74, 6) is -0.818. The second-order valence-electron chi connectivity index (χ2n) is 7.53. The predicted octanol–water partition coefficient (Wildman–Crippen LogP) is 4.59. The van der Waals surface area contributed by atoms with Crippen LogP contribution in [0.15, 0.2) is 36.4 Å². The van der Waals surface area contributed by atoms with Crippen LogP contribution in [-0.4, -0.2) is 35.4 Å². The highest BCUT2D eigenvalue weighted by atomic mass is 32.1. The number of carbonyl (C=O) groups is 3. The zero-order valence-corrected chi connectivity index (χ0v) is 17.9. The third kappa shape index (κ3) is 5.77. The number of unbranched alkanes of at least 4 members (excludes halogenated alkanes) is 2. The summed E-state index contributed by atoms with van der Waals surface area (Å²) in [6.45, 7) is 2.45. The molecule has 6 nitrogen and oxygen atoms in total. The van der Waals surface area contributed by atoms with Crippen molar-refractivity contribution in [3.05, 3.63) is 57.3 Å². The largest absolute Gasteiger partial charge is 0.477 e. The number of ketones is 1. The zero-order valence-electron chi connectivity index (χ0n) is 17.1. The Balaban J connectivity index is 1.75. The maximum atomic E-state index is 12.3. The van der Waals surface area contributed by atoms with Gasteiger partial charge in [0, 0.05) is 23.3 Å². The highest BCUT2D eigenvalue weighted by Gasteiger charge is 2.25. The van der Waals surface area contributed by atoms with E-state index in [4.69, 9.17) is 4.74 Å². The van der Waals surface area contributed by atoms with Gasteiger partial charge in [-0.15, -0.1) is 11.3 Å². The van der Waals surface area contributed by atoms with Crippen molar-refractivity contribution in [2.75, 3.05) is 6.61 Å². The molecule has 3 rings (SSSR count). The van der Waals surface area contributed by atoms with Crippen LogP contribution in [0.1, 0.15) is 82.0 Å². The third-order valence-corrected chi connectivity index (χ3v) is 6.30. The molecule has 1 aliphatic heterocycles. The summed E-state index contributed by atoms with van der Waals surface area (Å²) in [6, 6.07) is 10.6. The van der Waals surface area contributed by atoms with Crippen molar-refractivity contribution in [2.24, 2.45) is 0 Å². The first-order chi connectivity index (χ1) is 14.5. The number of benzene rings is 1. The summed E-state index contributed by atoms with van der Waals surface area (Å²) in [5, 5.41) is 12.1. The Morgan fingerprint density at radius 1 is 1.20 bits per heavy atom. The summed E-state index contributed by atoms with van der Waals surface area (Å²) in [7, 11) is 0. The number of rotatable bonds is 11. The van der Waals surface area contributed by atoms with Crippen molar-refractivity contribution >= 4 is 29.0 Å². The van der Waals surface area contributed by atoms with Crippen LogP contribution in [0, 0.1) is 0 Å². The Kier molecular flexibility index (Phi) is 7.76. The topological polar surface area (TPSA) is 92.7 Å². The molecule has 1 unspecified atom stereocenters. The van der Waals surface area contributed by atoms with Crippen LogP contribution in [0.2, 0.25) is 0 Å². The van der Waals surface area contributed by atoms with Crippen LogP contribution in [0.3, 0.4) is 0 Å². The zero-order chi connectivity index (χ0) is 21.5. The molecule has 30 heavy (non-hydrogen) atoms. The first-order valence-corrected chi connectivity index (χ1v) is 11.2. The van der Waals surface area contributed by atoms with Gasteiger partial charge in [-0.1, -0.05) is 44.0 Å². The van der Waals surface area contributed by atoms with E-state index in [1.54, 1.807) is 12.1 Å². The van der Waals surface area contributed by atoms with Crippen molar-refractivity contribution in [3.63, 3.8) is 0 Å². The van der Waals surface area contributed by atoms with E-state index in [2.05, 4.69) is 12.2 Å². The smallest absolute Gasteiger partial charge is 0.345 e. The molecule has 0 bridgehead atoms. The summed E-state index contributed by atoms with van der Waals surface area (Å²) in [6.07, 6.45) is 4.32. The van der Waals surface area contributed by atoms with Crippen LogP contribution >= 0.6 is 11.3 Å². The van der Waals surface area contributed by atoms with Gasteiger partial charge in [0.15, 0.2) is 5.78 Å². The van der Waals surface area contributed by atoms with E-state index in [-0.39, 0.29) is 22.6 Å². The van der Waals surface area contributed by atoms with Crippen molar-refractivity contribution in [1.29, 1.82) is 0 Å². The molecule has 1 aromatic heterocycles. The number of aromatic carboxylic acids is 1.